The molecule has 8 aliphatic rings. The van der Waals surface area contributed by atoms with Crippen molar-refractivity contribution >= 4 is 47.5 Å². The van der Waals surface area contributed by atoms with Gasteiger partial charge in [0.25, 0.3) is 11.8 Å². The fourth-order valence-electron chi connectivity index (χ4n) is 15.2. The first-order valence-electron chi connectivity index (χ1n) is 29.0. The van der Waals surface area contributed by atoms with Crippen LogP contribution in [0.4, 0.5) is 11.9 Å². The number of esters is 1. The van der Waals surface area contributed by atoms with Crippen molar-refractivity contribution in [2.45, 2.75) is 143 Å². The van der Waals surface area contributed by atoms with Crippen LogP contribution >= 0.6 is 0 Å². The zero-order valence-electron chi connectivity index (χ0n) is 47.4. The van der Waals surface area contributed by atoms with E-state index in [0.717, 1.165) is 75.3 Å². The second-order valence-electron chi connectivity index (χ2n) is 24.3. The fraction of sp³-hybridized carbons (Fsp3) is 0.574. The molecule has 9 N–H and O–H groups in total. The molecule has 0 spiro atoms. The van der Waals surface area contributed by atoms with E-state index in [1.165, 1.54) is 45.6 Å². The number of aliphatic carboxylic acids is 1. The lowest BCUT2D eigenvalue weighted by Crippen LogP contribution is -2.56. The Morgan fingerprint density at radius 2 is 0.901 bits per heavy atom. The van der Waals surface area contributed by atoms with Crippen LogP contribution in [0.15, 0.2) is 48.5 Å². The molecule has 4 aromatic rings. The van der Waals surface area contributed by atoms with Crippen LogP contribution < -0.4 is 31.9 Å². The molecular formula is C61H80N10O10. The molecule has 8 saturated carbocycles. The van der Waals surface area contributed by atoms with Crippen molar-refractivity contribution in [2.24, 2.45) is 46.3 Å². The molecule has 8 fully saturated rings. The molecule has 12 rings (SSSR count). The van der Waals surface area contributed by atoms with Crippen LogP contribution in [-0.2, 0) is 36.8 Å². The van der Waals surface area contributed by atoms with Crippen LogP contribution in [0.1, 0.15) is 145 Å². The third kappa shape index (κ3) is 14.0. The minimum Gasteiger partial charge on any atom is -0.508 e. The van der Waals surface area contributed by atoms with Gasteiger partial charge in [0, 0.05) is 37.0 Å². The van der Waals surface area contributed by atoms with Crippen LogP contribution in [0.5, 0.6) is 11.5 Å². The normalized spacial score (nSPS) is 25.1. The van der Waals surface area contributed by atoms with Gasteiger partial charge in [-0.1, -0.05) is 24.3 Å². The van der Waals surface area contributed by atoms with Gasteiger partial charge >= 0.3 is 11.9 Å². The molecule has 4 amide bonds. The molecule has 20 heteroatoms. The monoisotopic (exact) mass is 1110 g/mol. The molecule has 2 heterocycles. The van der Waals surface area contributed by atoms with E-state index in [2.05, 4.69) is 51.8 Å². The third-order valence-corrected chi connectivity index (χ3v) is 18.0. The number of ether oxygens (including phenoxy) is 1. The highest BCUT2D eigenvalue weighted by molar-refractivity contribution is 5.99. The summed E-state index contributed by atoms with van der Waals surface area (Å²) >= 11 is 0. The Hall–Kier alpha value is -7.38. The minimum absolute atomic E-state index is 0.00469. The number of carboxylic acid groups (broad SMARTS) is 1. The number of nitrogens with zero attached hydrogens (tertiary/aromatic N) is 4. The van der Waals surface area contributed by atoms with Crippen molar-refractivity contribution in [3.63, 3.8) is 0 Å². The molecule has 0 unspecified atom stereocenters. The van der Waals surface area contributed by atoms with Crippen LogP contribution in [0.2, 0.25) is 0 Å². The van der Waals surface area contributed by atoms with Crippen molar-refractivity contribution in [2.75, 3.05) is 43.9 Å². The number of carbonyl (C=O) groups excluding carboxylic acids is 5. The molecular weight excluding hydrogens is 1030 g/mol. The smallest absolute Gasteiger partial charge is 0.330 e. The van der Waals surface area contributed by atoms with Crippen LogP contribution in [0.25, 0.3) is 0 Å². The van der Waals surface area contributed by atoms with E-state index < -0.39 is 35.8 Å². The number of hydrogen-bond donors (Lipinski definition) is 9. The Morgan fingerprint density at radius 3 is 1.23 bits per heavy atom. The number of hydrogen-bond acceptors (Lipinski definition) is 15. The molecule has 0 radical (unpaired) electrons. The predicted molar refractivity (Wildman–Crippen MR) is 302 cm³/mol. The summed E-state index contributed by atoms with van der Waals surface area (Å²) in [7, 11) is 1.27. The topological polar surface area (TPSA) is 296 Å². The number of phenols is 2. The molecule has 0 aliphatic heterocycles. The second kappa shape index (κ2) is 25.2. The zero-order chi connectivity index (χ0) is 57.6. The summed E-state index contributed by atoms with van der Waals surface area (Å²) in [6.07, 6.45) is 16.0. The van der Waals surface area contributed by atoms with Crippen molar-refractivity contribution in [1.29, 1.82) is 0 Å². The summed E-state index contributed by atoms with van der Waals surface area (Å²) in [5, 5.41) is 46.5. The average Bonchev–Trinajstić information content (AvgIpc) is 3.31. The van der Waals surface area contributed by atoms with E-state index in [0.29, 0.717) is 83.3 Å². The lowest BCUT2D eigenvalue weighted by atomic mass is 9.49. The lowest BCUT2D eigenvalue weighted by molar-refractivity contribution is -0.148. The summed E-state index contributed by atoms with van der Waals surface area (Å²) in [6, 6.07) is 12.0. The number of aryl methyl sites for hydroxylation is 6. The first kappa shape index (κ1) is 58.3. The second-order valence-corrected chi connectivity index (χ2v) is 24.3. The summed E-state index contributed by atoms with van der Waals surface area (Å²) in [4.78, 5) is 95.4. The third-order valence-electron chi connectivity index (χ3n) is 18.0. The molecule has 0 saturated heterocycles. The van der Waals surface area contributed by atoms with Gasteiger partial charge in [0.1, 0.15) is 23.6 Å². The zero-order valence-corrected chi connectivity index (χ0v) is 47.4. The minimum atomic E-state index is -1.26. The Morgan fingerprint density at radius 1 is 0.556 bits per heavy atom. The van der Waals surface area contributed by atoms with Crippen molar-refractivity contribution in [3.05, 3.63) is 93.6 Å². The van der Waals surface area contributed by atoms with Gasteiger partial charge in [-0.25, -0.2) is 29.5 Å². The average molecular weight is 1110 g/mol. The number of methoxy groups -OCH3 is 1. The Bertz CT molecular complexity index is 2890. The summed E-state index contributed by atoms with van der Waals surface area (Å²) in [5.74, 6) is 2.03. The number of aromatic hydroxyl groups is 2. The maximum Gasteiger partial charge on any atom is 0.330 e. The van der Waals surface area contributed by atoms with Gasteiger partial charge in [-0.15, -0.1) is 0 Å². The Balaban J connectivity index is 0.000000196. The summed E-state index contributed by atoms with van der Waals surface area (Å²) < 4.78 is 4.94. The highest BCUT2D eigenvalue weighted by Gasteiger charge is 2.56. The number of carbonyl (C=O) groups is 6. The molecule has 8 bridgehead atoms. The number of nitrogens with one attached hydrogen (secondary N) is 6. The van der Waals surface area contributed by atoms with Gasteiger partial charge in [0.05, 0.1) is 41.0 Å². The SMILES string of the molecule is COC(=O)[C@H](CNC(=O)C12CC3CC(CC(C3)C1)C2)NC(=O)c1c(C)nc(NCCCc2cccc(O)c2)nc1C.Cc1nc(NCCCc2cccc(O)c2)nc(C)c1C(=O)N[C@@H](CNC(=O)C12CC3CC(CC(C3)C1)C2)C(=O)O. The molecule has 8 aliphatic carbocycles. The number of rotatable bonds is 22. The predicted octanol–water partition coefficient (Wildman–Crippen LogP) is 6.81. The van der Waals surface area contributed by atoms with Crippen LogP contribution in [0, 0.1) is 74.0 Å². The molecule has 2 atom stereocenters. The molecule has 2 aromatic carbocycles. The van der Waals surface area contributed by atoms with Gasteiger partial charge in [0.15, 0.2) is 0 Å². The van der Waals surface area contributed by atoms with Crippen LogP contribution in [-0.4, -0.2) is 116 Å². The number of phenolic OH excluding ortho intramolecular Hbond substituents is 2. The van der Waals surface area contributed by atoms with E-state index in [9.17, 15) is 44.1 Å². The maximum atomic E-state index is 13.4. The standard InChI is InChI=1S/C31H41N5O5.C30H39N5O5/c1-18-26(19(2)35-30(34-18)32-9-5-7-20-6-4-8-24(37)13-20)27(38)36-25(28(39)41-3)17-33-29(40)31-14-21-10-22(15-31)12-23(11-21)16-31;1-17-25(18(2)34-29(33-17)31-8-4-6-19-5-3-7-23(36)12-19)26(37)35-24(27(38)39)16-32-28(40)30-13-20-9-21(14-30)11-22(10-20)15-30/h4,6,8,13,21-23,25,37H,5,7,9-12,14-17H2,1-3H3,(H,33,40)(H,36,38)(H,32,34,35);3,5,7,12,20-22,24,36H,4,6,8-11,13-16H2,1-2H3,(H,32,40)(H,35,37)(H,38,39)(H,31,33,34)/t21?,22?,23?,25-,31?;20?,21?,22?,24-,30?/m00/s1. The van der Waals surface area contributed by atoms with Crippen molar-refractivity contribution in [1.82, 2.24) is 41.2 Å². The van der Waals surface area contributed by atoms with Crippen molar-refractivity contribution < 1.29 is 48.8 Å². The number of anilines is 2. The van der Waals surface area contributed by atoms with Gasteiger partial charge in [0.2, 0.25) is 23.7 Å². The summed E-state index contributed by atoms with van der Waals surface area (Å²) in [5.41, 5.74) is 3.69. The molecule has 81 heavy (non-hydrogen) atoms. The summed E-state index contributed by atoms with van der Waals surface area (Å²) in [6.45, 7) is 7.85. The molecule has 20 nitrogen and oxygen atoms in total. The fourth-order valence-corrected chi connectivity index (χ4v) is 15.2. The van der Waals surface area contributed by atoms with E-state index in [4.69, 9.17) is 4.74 Å². The molecule has 2 aromatic heterocycles. The van der Waals surface area contributed by atoms with E-state index >= 15 is 0 Å². The van der Waals surface area contributed by atoms with E-state index in [1.54, 1.807) is 52.0 Å². The Kier molecular flexibility index (Phi) is 18.1. The lowest BCUT2D eigenvalue weighted by Gasteiger charge is -2.55. The highest BCUT2D eigenvalue weighted by atomic mass is 16.5. The van der Waals surface area contributed by atoms with Crippen LogP contribution in [0.3, 0.4) is 0 Å². The Labute approximate surface area is 473 Å². The quantitative estimate of drug-likeness (QED) is 0.0289. The maximum absolute atomic E-state index is 13.4. The van der Waals surface area contributed by atoms with Gasteiger partial charge < -0.3 is 52.0 Å². The van der Waals surface area contributed by atoms with E-state index in [1.807, 2.05) is 24.3 Å². The van der Waals surface area contributed by atoms with E-state index in [-0.39, 0.29) is 58.4 Å². The largest absolute Gasteiger partial charge is 0.508 e. The van der Waals surface area contributed by atoms with Crippen molar-refractivity contribution in [3.8, 4) is 11.5 Å². The van der Waals surface area contributed by atoms with Gasteiger partial charge in [-0.2, -0.15) is 0 Å². The number of benzene rings is 2. The number of carboxylic acids is 1. The number of amides is 4. The first-order chi connectivity index (χ1) is 38.8. The number of aromatic nitrogens is 4. The van der Waals surface area contributed by atoms with Gasteiger partial charge in [-0.05, 0) is 201 Å². The van der Waals surface area contributed by atoms with Gasteiger partial charge in [-0.3, -0.25) is 19.2 Å². The highest BCUT2D eigenvalue weighted by Crippen LogP contribution is 2.61. The molecule has 434 valence electrons. The first-order valence-corrected chi connectivity index (χ1v) is 29.0.